The molecule has 1 aromatic rings. The number of thioether (sulfide) groups is 1. The Bertz CT molecular complexity index is 347. The minimum atomic E-state index is 0.0723. The van der Waals surface area contributed by atoms with Crippen LogP contribution in [0.5, 0.6) is 0 Å². The van der Waals surface area contributed by atoms with Gasteiger partial charge in [0.2, 0.25) is 0 Å². The molecule has 1 rings (SSSR count). The van der Waals surface area contributed by atoms with Gasteiger partial charge in [0.25, 0.3) is 5.24 Å². The van der Waals surface area contributed by atoms with E-state index in [0.29, 0.717) is 5.92 Å². The fourth-order valence-electron chi connectivity index (χ4n) is 1.24. The number of benzene rings is 1. The molecule has 0 heterocycles. The lowest BCUT2D eigenvalue weighted by Crippen LogP contribution is -2.16. The van der Waals surface area contributed by atoms with Gasteiger partial charge in [-0.3, -0.25) is 4.79 Å². The summed E-state index contributed by atoms with van der Waals surface area (Å²) in [6, 6.07) is 8.06. The predicted molar refractivity (Wildman–Crippen MR) is 65.5 cm³/mol. The van der Waals surface area contributed by atoms with Crippen molar-refractivity contribution in [1.29, 1.82) is 0 Å². The van der Waals surface area contributed by atoms with Gasteiger partial charge in [0.05, 0.1) is 0 Å². The van der Waals surface area contributed by atoms with Gasteiger partial charge in [-0.2, -0.15) is 0 Å². The Morgan fingerprint density at radius 1 is 1.27 bits per heavy atom. The van der Waals surface area contributed by atoms with Crippen LogP contribution in [0.4, 0.5) is 4.79 Å². The quantitative estimate of drug-likeness (QED) is 0.714. The van der Waals surface area contributed by atoms with Crippen LogP contribution in [-0.4, -0.2) is 24.2 Å². The third-order valence-corrected chi connectivity index (χ3v) is 3.23. The molecule has 0 N–H and O–H groups in total. The Kier molecular flexibility index (Phi) is 4.21. The lowest BCUT2D eigenvalue weighted by molar-refractivity contribution is 0.241. The van der Waals surface area contributed by atoms with E-state index in [1.807, 2.05) is 18.2 Å². The van der Waals surface area contributed by atoms with Gasteiger partial charge in [-0.05, 0) is 29.3 Å². The first-order valence-corrected chi connectivity index (χ1v) is 5.82. The highest BCUT2D eigenvalue weighted by Crippen LogP contribution is 2.29. The lowest BCUT2D eigenvalue weighted by atomic mass is 10.0. The highest BCUT2D eigenvalue weighted by Gasteiger charge is 2.11. The number of hydrogen-bond donors (Lipinski definition) is 0. The summed E-state index contributed by atoms with van der Waals surface area (Å²) in [5, 5.41) is 0.0723. The van der Waals surface area contributed by atoms with Crippen molar-refractivity contribution in [3.05, 3.63) is 29.8 Å². The minimum Gasteiger partial charge on any atom is -0.339 e. The fourth-order valence-corrected chi connectivity index (χ4v) is 2.17. The normalized spacial score (nSPS) is 10.5. The van der Waals surface area contributed by atoms with Gasteiger partial charge >= 0.3 is 0 Å². The highest BCUT2D eigenvalue weighted by atomic mass is 32.2. The first-order chi connectivity index (χ1) is 7.02. The zero-order valence-electron chi connectivity index (χ0n) is 9.65. The molecule has 0 aliphatic carbocycles. The molecule has 0 saturated heterocycles. The SMILES string of the molecule is CC(C)c1ccccc1SC(=O)N(C)C. The summed E-state index contributed by atoms with van der Waals surface area (Å²) in [7, 11) is 3.54. The lowest BCUT2D eigenvalue weighted by Gasteiger charge is -2.14. The molecule has 2 nitrogen and oxygen atoms in total. The van der Waals surface area contributed by atoms with Crippen LogP contribution in [0.3, 0.4) is 0 Å². The Morgan fingerprint density at radius 2 is 1.87 bits per heavy atom. The van der Waals surface area contributed by atoms with Crippen molar-refractivity contribution in [2.24, 2.45) is 0 Å². The largest absolute Gasteiger partial charge is 0.339 e. The molecule has 3 heteroatoms. The molecule has 0 aliphatic heterocycles. The van der Waals surface area contributed by atoms with E-state index < -0.39 is 0 Å². The molecule has 82 valence electrons. The number of rotatable bonds is 2. The first-order valence-electron chi connectivity index (χ1n) is 5.00. The molecule has 0 aromatic heterocycles. The van der Waals surface area contributed by atoms with E-state index in [-0.39, 0.29) is 5.24 Å². The maximum Gasteiger partial charge on any atom is 0.285 e. The predicted octanol–water partition coefficient (Wildman–Crippen LogP) is 3.58. The molecule has 0 fully saturated rings. The van der Waals surface area contributed by atoms with E-state index in [0.717, 1.165) is 4.90 Å². The van der Waals surface area contributed by atoms with Crippen molar-refractivity contribution in [3.8, 4) is 0 Å². The third kappa shape index (κ3) is 3.27. The molecule has 1 amide bonds. The van der Waals surface area contributed by atoms with Gasteiger partial charge in [-0.1, -0.05) is 32.0 Å². The van der Waals surface area contributed by atoms with Crippen molar-refractivity contribution in [2.45, 2.75) is 24.7 Å². The van der Waals surface area contributed by atoms with Gasteiger partial charge in [0, 0.05) is 19.0 Å². The number of carbonyl (C=O) groups is 1. The summed E-state index contributed by atoms with van der Waals surface area (Å²) in [6.07, 6.45) is 0. The smallest absolute Gasteiger partial charge is 0.285 e. The van der Waals surface area contributed by atoms with E-state index in [4.69, 9.17) is 0 Å². The van der Waals surface area contributed by atoms with Gasteiger partial charge in [-0.15, -0.1) is 0 Å². The second kappa shape index (κ2) is 5.21. The summed E-state index contributed by atoms with van der Waals surface area (Å²) in [5.74, 6) is 0.448. The van der Waals surface area contributed by atoms with Crippen LogP contribution < -0.4 is 0 Å². The molecule has 0 unspecified atom stereocenters. The maximum atomic E-state index is 11.6. The molecule has 0 radical (unpaired) electrons. The first kappa shape index (κ1) is 12.1. The van der Waals surface area contributed by atoms with E-state index in [1.54, 1.807) is 19.0 Å². The van der Waals surface area contributed by atoms with Crippen molar-refractivity contribution < 1.29 is 4.79 Å². The standard InChI is InChI=1S/C12H17NOS/c1-9(2)10-7-5-6-8-11(10)15-12(14)13(3)4/h5-9H,1-4H3. The Hall–Kier alpha value is -0.960. The summed E-state index contributed by atoms with van der Waals surface area (Å²) >= 11 is 1.29. The van der Waals surface area contributed by atoms with Crippen LogP contribution in [0.25, 0.3) is 0 Å². The third-order valence-electron chi connectivity index (χ3n) is 2.10. The fraction of sp³-hybridized carbons (Fsp3) is 0.417. The van der Waals surface area contributed by atoms with Gasteiger partial charge in [-0.25, -0.2) is 0 Å². The van der Waals surface area contributed by atoms with Crippen LogP contribution in [0.1, 0.15) is 25.3 Å². The van der Waals surface area contributed by atoms with E-state index in [1.165, 1.54) is 17.3 Å². The zero-order valence-corrected chi connectivity index (χ0v) is 10.5. The summed E-state index contributed by atoms with van der Waals surface area (Å²) in [4.78, 5) is 14.2. The van der Waals surface area contributed by atoms with E-state index in [9.17, 15) is 4.79 Å². The number of amides is 1. The Labute approximate surface area is 95.7 Å². The van der Waals surface area contributed by atoms with Crippen molar-refractivity contribution in [1.82, 2.24) is 4.90 Å². The molecule has 0 bridgehead atoms. The second-order valence-corrected chi connectivity index (χ2v) is 4.95. The summed E-state index contributed by atoms with van der Waals surface area (Å²) < 4.78 is 0. The molecule has 0 atom stereocenters. The number of nitrogens with zero attached hydrogens (tertiary/aromatic N) is 1. The number of hydrogen-bond acceptors (Lipinski definition) is 2. The van der Waals surface area contributed by atoms with Crippen LogP contribution in [-0.2, 0) is 0 Å². The molecular formula is C12H17NOS. The van der Waals surface area contributed by atoms with Crippen LogP contribution in [0.15, 0.2) is 29.2 Å². The van der Waals surface area contributed by atoms with E-state index in [2.05, 4.69) is 19.9 Å². The average molecular weight is 223 g/mol. The van der Waals surface area contributed by atoms with Crippen LogP contribution in [0.2, 0.25) is 0 Å². The summed E-state index contributed by atoms with van der Waals surface area (Å²) in [6.45, 7) is 4.28. The molecule has 0 saturated carbocycles. The van der Waals surface area contributed by atoms with Gasteiger partial charge in [0.15, 0.2) is 0 Å². The Morgan fingerprint density at radius 3 is 2.40 bits per heavy atom. The van der Waals surface area contributed by atoms with Crippen molar-refractivity contribution in [2.75, 3.05) is 14.1 Å². The number of carbonyl (C=O) groups excluding carboxylic acids is 1. The molecule has 15 heavy (non-hydrogen) atoms. The molecule has 0 spiro atoms. The van der Waals surface area contributed by atoms with Crippen molar-refractivity contribution in [3.63, 3.8) is 0 Å². The molecule has 0 aliphatic rings. The maximum absolute atomic E-state index is 11.6. The van der Waals surface area contributed by atoms with Gasteiger partial charge < -0.3 is 4.90 Å². The van der Waals surface area contributed by atoms with Crippen molar-refractivity contribution >= 4 is 17.0 Å². The zero-order chi connectivity index (χ0) is 11.4. The second-order valence-electron chi connectivity index (χ2n) is 3.95. The van der Waals surface area contributed by atoms with E-state index >= 15 is 0 Å². The minimum absolute atomic E-state index is 0.0723. The van der Waals surface area contributed by atoms with Crippen LogP contribution in [0, 0.1) is 0 Å². The average Bonchev–Trinajstić information content (AvgIpc) is 2.18. The highest BCUT2D eigenvalue weighted by molar-refractivity contribution is 8.13. The molecule has 1 aromatic carbocycles. The summed E-state index contributed by atoms with van der Waals surface area (Å²) in [5.41, 5.74) is 1.23. The molecular weight excluding hydrogens is 206 g/mol. The van der Waals surface area contributed by atoms with Gasteiger partial charge in [0.1, 0.15) is 0 Å². The monoisotopic (exact) mass is 223 g/mol. The topological polar surface area (TPSA) is 20.3 Å². The Balaban J connectivity index is 2.89. The van der Waals surface area contributed by atoms with Crippen LogP contribution >= 0.6 is 11.8 Å².